The van der Waals surface area contributed by atoms with Gasteiger partial charge in [-0.15, -0.1) is 0 Å². The number of nitrogens with one attached hydrogen (secondary N) is 1. The molecule has 5 nitrogen and oxygen atoms in total. The lowest BCUT2D eigenvalue weighted by atomic mass is 10.1. The normalized spacial score (nSPS) is 10.8. The minimum atomic E-state index is -3.43. The average molecular weight is 297 g/mol. The lowest BCUT2D eigenvalue weighted by Crippen LogP contribution is -2.20. The molecule has 1 aromatic rings. The Morgan fingerprint density at radius 3 is 2.75 bits per heavy atom. The van der Waals surface area contributed by atoms with E-state index in [1.165, 1.54) is 0 Å². The molecule has 2 N–H and O–H groups in total. The predicted octanol–water partition coefficient (Wildman–Crippen LogP) is 1.12. The fourth-order valence-electron chi connectivity index (χ4n) is 1.60. The molecule has 0 aliphatic rings. The predicted molar refractivity (Wildman–Crippen MR) is 79.0 cm³/mol. The molecule has 0 unspecified atom stereocenters. The summed E-state index contributed by atoms with van der Waals surface area (Å²) in [5.74, 6) is 5.20. The van der Waals surface area contributed by atoms with E-state index in [0.29, 0.717) is 17.9 Å². The Labute approximate surface area is 120 Å². The van der Waals surface area contributed by atoms with E-state index in [1.807, 2.05) is 19.9 Å². The summed E-state index contributed by atoms with van der Waals surface area (Å²) in [4.78, 5) is 0. The Balaban J connectivity index is 2.83. The van der Waals surface area contributed by atoms with Crippen molar-refractivity contribution in [1.82, 2.24) is 0 Å². The molecule has 1 rings (SSSR count). The summed E-state index contributed by atoms with van der Waals surface area (Å²) in [5.41, 5.74) is 2.00. The third-order valence-corrected chi connectivity index (χ3v) is 3.61. The summed E-state index contributed by atoms with van der Waals surface area (Å²) in [6.45, 7) is 4.08. The standard InChI is InChI=1S/C14H19NO4S/c1-3-19-7-8-20(17,18)15-14-10-12(2)9-13(11-14)5-4-6-16/h9-11,15-16H,3,6-8H2,1-2H3. The number of hydrogen-bond acceptors (Lipinski definition) is 4. The number of aliphatic hydroxyl groups is 1. The zero-order valence-corrected chi connectivity index (χ0v) is 12.5. The Hall–Kier alpha value is -1.55. The van der Waals surface area contributed by atoms with E-state index in [4.69, 9.17) is 9.84 Å². The number of hydrogen-bond donors (Lipinski definition) is 2. The fraction of sp³-hybridized carbons (Fsp3) is 0.429. The maximum absolute atomic E-state index is 11.8. The number of rotatable bonds is 6. The van der Waals surface area contributed by atoms with Crippen molar-refractivity contribution in [2.75, 3.05) is 30.3 Å². The molecule has 0 amide bonds. The van der Waals surface area contributed by atoms with E-state index in [2.05, 4.69) is 16.6 Å². The third-order valence-electron chi connectivity index (χ3n) is 2.36. The summed E-state index contributed by atoms with van der Waals surface area (Å²) >= 11 is 0. The number of aryl methyl sites for hydroxylation is 1. The molecular weight excluding hydrogens is 278 g/mol. The van der Waals surface area contributed by atoms with Crippen molar-refractivity contribution in [3.8, 4) is 11.8 Å². The molecule has 0 saturated carbocycles. The number of aliphatic hydroxyl groups excluding tert-OH is 1. The van der Waals surface area contributed by atoms with Gasteiger partial charge in [0, 0.05) is 17.9 Å². The molecule has 110 valence electrons. The maximum atomic E-state index is 11.8. The zero-order valence-electron chi connectivity index (χ0n) is 11.6. The van der Waals surface area contributed by atoms with Gasteiger partial charge < -0.3 is 9.84 Å². The zero-order chi connectivity index (χ0) is 15.0. The van der Waals surface area contributed by atoms with Gasteiger partial charge in [-0.25, -0.2) is 8.42 Å². The van der Waals surface area contributed by atoms with Gasteiger partial charge in [0.15, 0.2) is 0 Å². The molecular formula is C14H19NO4S. The number of sulfonamides is 1. The minimum Gasteiger partial charge on any atom is -0.384 e. The Kier molecular flexibility index (Phi) is 6.52. The van der Waals surface area contributed by atoms with Crippen LogP contribution < -0.4 is 4.72 Å². The van der Waals surface area contributed by atoms with E-state index in [0.717, 1.165) is 5.56 Å². The van der Waals surface area contributed by atoms with Gasteiger partial charge in [-0.05, 0) is 37.6 Å². The van der Waals surface area contributed by atoms with Crippen LogP contribution >= 0.6 is 0 Å². The summed E-state index contributed by atoms with van der Waals surface area (Å²) in [7, 11) is -3.43. The van der Waals surface area contributed by atoms with Crippen LogP contribution in [-0.4, -0.2) is 39.1 Å². The largest absolute Gasteiger partial charge is 0.384 e. The number of ether oxygens (including phenoxy) is 1. The van der Waals surface area contributed by atoms with E-state index in [-0.39, 0.29) is 19.0 Å². The lowest BCUT2D eigenvalue weighted by molar-refractivity contribution is 0.163. The van der Waals surface area contributed by atoms with Crippen molar-refractivity contribution in [3.05, 3.63) is 29.3 Å². The third kappa shape index (κ3) is 6.06. The SMILES string of the molecule is CCOCCS(=O)(=O)Nc1cc(C)cc(C#CCO)c1. The van der Waals surface area contributed by atoms with Crippen LogP contribution in [0.3, 0.4) is 0 Å². The van der Waals surface area contributed by atoms with Crippen LogP contribution in [0.1, 0.15) is 18.1 Å². The van der Waals surface area contributed by atoms with Crippen molar-refractivity contribution in [3.63, 3.8) is 0 Å². The number of benzene rings is 1. The molecule has 0 bridgehead atoms. The Morgan fingerprint density at radius 2 is 2.10 bits per heavy atom. The van der Waals surface area contributed by atoms with Gasteiger partial charge in [-0.3, -0.25) is 4.72 Å². The second-order valence-corrected chi connectivity index (χ2v) is 6.01. The van der Waals surface area contributed by atoms with Gasteiger partial charge in [-0.2, -0.15) is 0 Å². The van der Waals surface area contributed by atoms with Crippen LogP contribution in [0, 0.1) is 18.8 Å². The van der Waals surface area contributed by atoms with Crippen molar-refractivity contribution >= 4 is 15.7 Å². The maximum Gasteiger partial charge on any atom is 0.235 e. The molecule has 1 aromatic carbocycles. The monoisotopic (exact) mass is 297 g/mol. The average Bonchev–Trinajstić information content (AvgIpc) is 2.35. The van der Waals surface area contributed by atoms with Crippen molar-refractivity contribution < 1.29 is 18.3 Å². The molecule has 0 radical (unpaired) electrons. The molecule has 0 fully saturated rings. The highest BCUT2D eigenvalue weighted by Crippen LogP contribution is 2.15. The fourth-order valence-corrected chi connectivity index (χ4v) is 2.52. The van der Waals surface area contributed by atoms with E-state index in [9.17, 15) is 8.42 Å². The Morgan fingerprint density at radius 1 is 1.35 bits per heavy atom. The van der Waals surface area contributed by atoms with Crippen LogP contribution in [0.15, 0.2) is 18.2 Å². The topological polar surface area (TPSA) is 75.6 Å². The first-order chi connectivity index (χ1) is 9.46. The molecule has 0 atom stereocenters. The summed E-state index contributed by atoms with van der Waals surface area (Å²) in [6.07, 6.45) is 0. The van der Waals surface area contributed by atoms with Crippen molar-refractivity contribution in [2.45, 2.75) is 13.8 Å². The molecule has 20 heavy (non-hydrogen) atoms. The van der Waals surface area contributed by atoms with Crippen LogP contribution in [0.2, 0.25) is 0 Å². The summed E-state index contributed by atoms with van der Waals surface area (Å²) < 4.78 is 31.2. The van der Waals surface area contributed by atoms with E-state index in [1.54, 1.807) is 12.1 Å². The smallest absolute Gasteiger partial charge is 0.235 e. The quantitative estimate of drug-likeness (QED) is 0.609. The molecule has 6 heteroatoms. The molecule has 0 aliphatic heterocycles. The second-order valence-electron chi connectivity index (χ2n) is 4.17. The first kappa shape index (κ1) is 16.5. The van der Waals surface area contributed by atoms with E-state index >= 15 is 0 Å². The highest BCUT2D eigenvalue weighted by molar-refractivity contribution is 7.92. The Bertz CT molecular complexity index is 599. The van der Waals surface area contributed by atoms with Gasteiger partial charge in [0.25, 0.3) is 0 Å². The highest BCUT2D eigenvalue weighted by atomic mass is 32.2. The van der Waals surface area contributed by atoms with Crippen LogP contribution in [0.5, 0.6) is 0 Å². The van der Waals surface area contributed by atoms with Gasteiger partial charge in [0.1, 0.15) is 6.61 Å². The summed E-state index contributed by atoms with van der Waals surface area (Å²) in [5, 5.41) is 8.67. The van der Waals surface area contributed by atoms with Crippen LogP contribution in [0.25, 0.3) is 0 Å². The van der Waals surface area contributed by atoms with Gasteiger partial charge in [0.05, 0.1) is 12.4 Å². The van der Waals surface area contributed by atoms with Gasteiger partial charge in [-0.1, -0.05) is 11.8 Å². The van der Waals surface area contributed by atoms with E-state index < -0.39 is 10.0 Å². The van der Waals surface area contributed by atoms with Crippen LogP contribution in [-0.2, 0) is 14.8 Å². The first-order valence-electron chi connectivity index (χ1n) is 6.26. The van der Waals surface area contributed by atoms with Gasteiger partial charge >= 0.3 is 0 Å². The van der Waals surface area contributed by atoms with Crippen LogP contribution in [0.4, 0.5) is 5.69 Å². The first-order valence-corrected chi connectivity index (χ1v) is 7.91. The molecule has 0 saturated heterocycles. The molecule has 0 aliphatic carbocycles. The van der Waals surface area contributed by atoms with Crippen molar-refractivity contribution in [2.24, 2.45) is 0 Å². The molecule has 0 spiro atoms. The lowest BCUT2D eigenvalue weighted by Gasteiger charge is -2.09. The molecule has 0 heterocycles. The number of anilines is 1. The van der Waals surface area contributed by atoms with Crippen molar-refractivity contribution in [1.29, 1.82) is 0 Å². The minimum absolute atomic E-state index is 0.0908. The molecule has 0 aromatic heterocycles. The summed E-state index contributed by atoms with van der Waals surface area (Å²) in [6, 6.07) is 5.18. The van der Waals surface area contributed by atoms with Gasteiger partial charge in [0.2, 0.25) is 10.0 Å². The second kappa shape index (κ2) is 7.90. The highest BCUT2D eigenvalue weighted by Gasteiger charge is 2.10.